The van der Waals surface area contributed by atoms with Crippen molar-refractivity contribution in [2.75, 3.05) is 16.8 Å². The molecule has 2 aliphatic carbocycles. The summed E-state index contributed by atoms with van der Waals surface area (Å²) in [5.41, 5.74) is 3.12. The summed E-state index contributed by atoms with van der Waals surface area (Å²) in [6.45, 7) is 2.88. The molecule has 2 saturated carbocycles. The van der Waals surface area contributed by atoms with Gasteiger partial charge in [-0.25, -0.2) is 0 Å². The lowest BCUT2D eigenvalue weighted by Gasteiger charge is -2.25. The summed E-state index contributed by atoms with van der Waals surface area (Å²) in [4.78, 5) is 13.8. The Labute approximate surface area is 149 Å². The molecule has 1 aromatic rings. The van der Waals surface area contributed by atoms with Gasteiger partial charge in [0.2, 0.25) is 5.91 Å². The highest BCUT2D eigenvalue weighted by molar-refractivity contribution is 7.80. The van der Waals surface area contributed by atoms with Gasteiger partial charge in [0.25, 0.3) is 0 Å². The summed E-state index contributed by atoms with van der Waals surface area (Å²) < 4.78 is 0. The van der Waals surface area contributed by atoms with Crippen LogP contribution in [0.1, 0.15) is 44.1 Å². The molecule has 4 nitrogen and oxygen atoms in total. The first kappa shape index (κ1) is 15.9. The van der Waals surface area contributed by atoms with E-state index in [4.69, 9.17) is 12.2 Å². The Hall–Kier alpha value is -1.62. The Kier molecular flexibility index (Phi) is 4.21. The second-order valence-corrected chi connectivity index (χ2v) is 7.94. The second-order valence-electron chi connectivity index (χ2n) is 7.53. The average Bonchev–Trinajstić information content (AvgIpc) is 3.24. The van der Waals surface area contributed by atoms with Gasteiger partial charge in [-0.3, -0.25) is 4.79 Å². The molecule has 0 spiro atoms. The summed E-state index contributed by atoms with van der Waals surface area (Å²) in [7, 11) is 0. The van der Waals surface area contributed by atoms with Gasteiger partial charge in [-0.2, -0.15) is 0 Å². The Balaban J connectivity index is 1.38. The summed E-state index contributed by atoms with van der Waals surface area (Å²) in [5.74, 6) is 1.95. The van der Waals surface area contributed by atoms with Crippen LogP contribution in [0.3, 0.4) is 0 Å². The van der Waals surface area contributed by atoms with E-state index in [1.165, 1.54) is 25.7 Å². The predicted octanol–water partition coefficient (Wildman–Crippen LogP) is 3.60. The molecule has 2 N–H and O–H groups in total. The molecule has 1 amide bonds. The van der Waals surface area contributed by atoms with E-state index in [-0.39, 0.29) is 5.91 Å². The van der Waals surface area contributed by atoms with E-state index in [1.54, 1.807) is 0 Å². The Morgan fingerprint density at radius 3 is 2.79 bits per heavy atom. The molecule has 128 valence electrons. The zero-order valence-electron chi connectivity index (χ0n) is 14.2. The first-order chi connectivity index (χ1) is 11.6. The van der Waals surface area contributed by atoms with Gasteiger partial charge in [0.15, 0.2) is 5.11 Å². The molecular formula is C19H25N3OS. The van der Waals surface area contributed by atoms with Crippen molar-refractivity contribution < 1.29 is 4.79 Å². The van der Waals surface area contributed by atoms with E-state index in [9.17, 15) is 4.79 Å². The van der Waals surface area contributed by atoms with E-state index in [1.807, 2.05) is 17.0 Å². The fourth-order valence-electron chi connectivity index (χ4n) is 4.70. The molecule has 3 aliphatic rings. The minimum atomic E-state index is 0.229. The molecule has 0 aromatic heterocycles. The van der Waals surface area contributed by atoms with Crippen molar-refractivity contribution in [1.82, 2.24) is 5.32 Å². The molecule has 1 saturated heterocycles. The maximum absolute atomic E-state index is 11.9. The SMILES string of the molecule is Cc1cc(NC(=S)N[C@@H]2C[C@H]3CC[C@@H]2C3)ccc1N1CCCC1=O. The normalized spacial score (nSPS) is 28.5. The minimum absolute atomic E-state index is 0.229. The summed E-state index contributed by atoms with van der Waals surface area (Å²) in [5, 5.41) is 7.55. The van der Waals surface area contributed by atoms with Crippen LogP contribution in [0.25, 0.3) is 0 Å². The van der Waals surface area contributed by atoms with Gasteiger partial charge < -0.3 is 15.5 Å². The van der Waals surface area contributed by atoms with Crippen LogP contribution in [0.5, 0.6) is 0 Å². The molecule has 4 rings (SSSR count). The first-order valence-corrected chi connectivity index (χ1v) is 9.49. The minimum Gasteiger partial charge on any atom is -0.359 e. The summed E-state index contributed by atoms with van der Waals surface area (Å²) in [6, 6.07) is 6.67. The van der Waals surface area contributed by atoms with Crippen LogP contribution in [-0.2, 0) is 4.79 Å². The number of thiocarbonyl (C=S) groups is 1. The highest BCUT2D eigenvalue weighted by atomic mass is 32.1. The number of aryl methyl sites for hydroxylation is 1. The van der Waals surface area contributed by atoms with Crippen LogP contribution >= 0.6 is 12.2 Å². The molecular weight excluding hydrogens is 318 g/mol. The maximum Gasteiger partial charge on any atom is 0.227 e. The van der Waals surface area contributed by atoms with Crippen molar-refractivity contribution >= 4 is 34.6 Å². The van der Waals surface area contributed by atoms with Crippen LogP contribution in [0.2, 0.25) is 0 Å². The number of anilines is 2. The van der Waals surface area contributed by atoms with Gasteiger partial charge in [0.05, 0.1) is 0 Å². The van der Waals surface area contributed by atoms with Gasteiger partial charge in [0, 0.05) is 30.4 Å². The Morgan fingerprint density at radius 1 is 1.29 bits per heavy atom. The molecule has 5 heteroatoms. The number of benzene rings is 1. The second kappa shape index (κ2) is 6.36. The molecule has 3 atom stereocenters. The number of hydrogen-bond donors (Lipinski definition) is 2. The monoisotopic (exact) mass is 343 g/mol. The highest BCUT2D eigenvalue weighted by Gasteiger charge is 2.39. The van der Waals surface area contributed by atoms with Gasteiger partial charge in [-0.1, -0.05) is 6.42 Å². The van der Waals surface area contributed by atoms with Crippen molar-refractivity contribution in [3.63, 3.8) is 0 Å². The van der Waals surface area contributed by atoms with E-state index >= 15 is 0 Å². The molecule has 3 fully saturated rings. The lowest BCUT2D eigenvalue weighted by molar-refractivity contribution is -0.117. The standard InChI is InChI=1S/C19H25N3OS/c1-12-9-15(6-7-17(12)22-8-2-3-18(22)23)20-19(24)21-16-11-13-4-5-14(16)10-13/h6-7,9,13-14,16H,2-5,8,10-11H2,1H3,(H2,20,21,24)/t13-,14+,16+/m0/s1. The van der Waals surface area contributed by atoms with Crippen LogP contribution in [0, 0.1) is 18.8 Å². The fourth-order valence-corrected chi connectivity index (χ4v) is 4.97. The van der Waals surface area contributed by atoms with E-state index in [2.05, 4.69) is 23.6 Å². The zero-order valence-corrected chi connectivity index (χ0v) is 15.0. The van der Waals surface area contributed by atoms with Gasteiger partial charge in [-0.05, 0) is 80.4 Å². The number of nitrogens with zero attached hydrogens (tertiary/aromatic N) is 1. The number of hydrogen-bond acceptors (Lipinski definition) is 2. The third kappa shape index (κ3) is 3.02. The van der Waals surface area contributed by atoms with Crippen molar-refractivity contribution in [2.45, 2.75) is 51.5 Å². The third-order valence-electron chi connectivity index (χ3n) is 5.87. The Bertz CT molecular complexity index is 675. The molecule has 1 aromatic carbocycles. The van der Waals surface area contributed by atoms with Crippen LogP contribution in [0.4, 0.5) is 11.4 Å². The largest absolute Gasteiger partial charge is 0.359 e. The summed E-state index contributed by atoms with van der Waals surface area (Å²) >= 11 is 5.50. The third-order valence-corrected chi connectivity index (χ3v) is 6.09. The number of nitrogens with one attached hydrogen (secondary N) is 2. The number of carbonyl (C=O) groups excluding carboxylic acids is 1. The molecule has 24 heavy (non-hydrogen) atoms. The first-order valence-electron chi connectivity index (χ1n) is 9.08. The van der Waals surface area contributed by atoms with Crippen molar-refractivity contribution in [1.29, 1.82) is 0 Å². The number of fused-ring (bicyclic) bond motifs is 2. The van der Waals surface area contributed by atoms with Crippen molar-refractivity contribution in [2.24, 2.45) is 11.8 Å². The Morgan fingerprint density at radius 2 is 2.17 bits per heavy atom. The molecule has 2 bridgehead atoms. The smallest absolute Gasteiger partial charge is 0.227 e. The maximum atomic E-state index is 11.9. The lowest BCUT2D eigenvalue weighted by atomic mass is 9.95. The van der Waals surface area contributed by atoms with E-state index in [0.717, 1.165) is 46.9 Å². The molecule has 1 heterocycles. The van der Waals surface area contributed by atoms with E-state index in [0.29, 0.717) is 12.5 Å². The van der Waals surface area contributed by atoms with Gasteiger partial charge in [-0.15, -0.1) is 0 Å². The fraction of sp³-hybridized carbons (Fsp3) is 0.579. The average molecular weight is 343 g/mol. The number of amides is 1. The quantitative estimate of drug-likeness (QED) is 0.823. The van der Waals surface area contributed by atoms with E-state index < -0.39 is 0 Å². The van der Waals surface area contributed by atoms with Gasteiger partial charge in [0.1, 0.15) is 0 Å². The van der Waals surface area contributed by atoms with Crippen LogP contribution in [-0.4, -0.2) is 23.6 Å². The molecule has 1 aliphatic heterocycles. The predicted molar refractivity (Wildman–Crippen MR) is 101 cm³/mol. The topological polar surface area (TPSA) is 44.4 Å². The summed E-state index contributed by atoms with van der Waals surface area (Å²) in [6.07, 6.45) is 7.01. The molecule has 0 unspecified atom stereocenters. The van der Waals surface area contributed by atoms with Crippen molar-refractivity contribution in [3.05, 3.63) is 23.8 Å². The number of rotatable bonds is 3. The number of carbonyl (C=O) groups is 1. The van der Waals surface area contributed by atoms with Crippen LogP contribution < -0.4 is 15.5 Å². The highest BCUT2D eigenvalue weighted by Crippen LogP contribution is 2.44. The lowest BCUT2D eigenvalue weighted by Crippen LogP contribution is -2.40. The van der Waals surface area contributed by atoms with Crippen molar-refractivity contribution in [3.8, 4) is 0 Å². The zero-order chi connectivity index (χ0) is 16.7. The van der Waals surface area contributed by atoms with Crippen LogP contribution in [0.15, 0.2) is 18.2 Å². The molecule has 0 radical (unpaired) electrons. The van der Waals surface area contributed by atoms with Gasteiger partial charge >= 0.3 is 0 Å².